The predicted molar refractivity (Wildman–Crippen MR) is 107 cm³/mol. The number of unbranched alkanes of at least 4 members (excludes halogenated alkanes) is 2. The zero-order chi connectivity index (χ0) is 18.1. The Labute approximate surface area is 164 Å². The lowest BCUT2D eigenvalue weighted by Gasteiger charge is -2.23. The van der Waals surface area contributed by atoms with E-state index in [2.05, 4.69) is 21.2 Å². The number of hydrogen-bond donors (Lipinski definition) is 2. The zero-order valence-corrected chi connectivity index (χ0v) is 17.0. The molecule has 2 rings (SSSR count). The van der Waals surface area contributed by atoms with E-state index in [1.807, 2.05) is 6.07 Å². The minimum Gasteiger partial charge on any atom is -0.462 e. The average molecular weight is 432 g/mol. The minimum atomic E-state index is -0.300. The number of anilines is 1. The zero-order valence-electron chi connectivity index (χ0n) is 14.7. The summed E-state index contributed by atoms with van der Waals surface area (Å²) in [6.45, 7) is 1.10. The summed E-state index contributed by atoms with van der Waals surface area (Å²) in [6, 6.07) is 4.13. The monoisotopic (exact) mass is 430 g/mol. The average Bonchev–Trinajstić information content (AvgIpc) is 2.63. The molecule has 0 aromatic heterocycles. The van der Waals surface area contributed by atoms with Gasteiger partial charge in [0.15, 0.2) is 0 Å². The van der Waals surface area contributed by atoms with Crippen LogP contribution in [0.4, 0.5) is 5.69 Å². The van der Waals surface area contributed by atoms with E-state index in [-0.39, 0.29) is 5.97 Å². The highest BCUT2D eigenvalue weighted by molar-refractivity contribution is 9.10. The van der Waals surface area contributed by atoms with Gasteiger partial charge in [-0.2, -0.15) is 0 Å². The van der Waals surface area contributed by atoms with Crippen LogP contribution in [0.15, 0.2) is 16.6 Å². The molecule has 6 heteroatoms. The molecule has 1 aromatic rings. The van der Waals surface area contributed by atoms with Gasteiger partial charge in [0.05, 0.1) is 17.9 Å². The van der Waals surface area contributed by atoms with Gasteiger partial charge >= 0.3 is 5.97 Å². The molecule has 0 atom stereocenters. The van der Waals surface area contributed by atoms with Crippen LogP contribution < -0.4 is 11.1 Å². The van der Waals surface area contributed by atoms with Crippen molar-refractivity contribution in [2.24, 2.45) is 0 Å². The van der Waals surface area contributed by atoms with Crippen molar-refractivity contribution in [3.05, 3.63) is 27.7 Å². The van der Waals surface area contributed by atoms with Crippen LogP contribution in [-0.4, -0.2) is 24.5 Å². The van der Waals surface area contributed by atoms with Gasteiger partial charge in [-0.1, -0.05) is 19.3 Å². The van der Waals surface area contributed by atoms with E-state index in [1.165, 1.54) is 32.1 Å². The lowest BCUT2D eigenvalue weighted by atomic mass is 9.95. The number of rotatable bonds is 9. The Morgan fingerprint density at radius 1 is 1.24 bits per heavy atom. The van der Waals surface area contributed by atoms with Crippen molar-refractivity contribution >= 4 is 39.2 Å². The first-order valence-electron chi connectivity index (χ1n) is 9.16. The molecule has 1 fully saturated rings. The first-order chi connectivity index (χ1) is 12.1. The molecule has 25 heavy (non-hydrogen) atoms. The maximum absolute atomic E-state index is 12.3. The Hall–Kier alpha value is -0.780. The number of halogens is 2. The van der Waals surface area contributed by atoms with Crippen LogP contribution in [0.25, 0.3) is 0 Å². The van der Waals surface area contributed by atoms with Crippen LogP contribution in [0.2, 0.25) is 0 Å². The highest BCUT2D eigenvalue weighted by atomic mass is 79.9. The molecule has 1 aliphatic carbocycles. The molecule has 0 aliphatic heterocycles. The van der Waals surface area contributed by atoms with Gasteiger partial charge in [0.25, 0.3) is 0 Å². The predicted octanol–water partition coefficient (Wildman–Crippen LogP) is 5.02. The van der Waals surface area contributed by atoms with Crippen LogP contribution in [0.5, 0.6) is 0 Å². The van der Waals surface area contributed by atoms with Crippen molar-refractivity contribution in [1.29, 1.82) is 0 Å². The first-order valence-corrected chi connectivity index (χ1v) is 10.5. The number of nitrogens with two attached hydrogens (primary N) is 1. The van der Waals surface area contributed by atoms with Gasteiger partial charge in [0.1, 0.15) is 0 Å². The van der Waals surface area contributed by atoms with Gasteiger partial charge in [-0.05, 0) is 65.7 Å². The van der Waals surface area contributed by atoms with Crippen molar-refractivity contribution in [3.63, 3.8) is 0 Å². The number of nitrogens with one attached hydrogen (secondary N) is 1. The second-order valence-corrected chi connectivity index (χ2v) is 7.86. The third kappa shape index (κ3) is 6.80. The third-order valence-corrected chi connectivity index (χ3v) is 5.57. The van der Waals surface area contributed by atoms with E-state index >= 15 is 0 Å². The Bertz CT molecular complexity index is 563. The van der Waals surface area contributed by atoms with Crippen LogP contribution in [0.1, 0.15) is 67.3 Å². The van der Waals surface area contributed by atoms with Crippen molar-refractivity contribution < 1.29 is 9.53 Å². The molecule has 0 amide bonds. The van der Waals surface area contributed by atoms with Crippen LogP contribution in [0.3, 0.4) is 0 Å². The highest BCUT2D eigenvalue weighted by Gasteiger charge is 2.16. The summed E-state index contributed by atoms with van der Waals surface area (Å²) in [6.07, 6.45) is 9.08. The molecule has 0 saturated heterocycles. The molecule has 1 aromatic carbocycles. The minimum absolute atomic E-state index is 0.300. The van der Waals surface area contributed by atoms with E-state index in [0.29, 0.717) is 36.3 Å². The number of ether oxygens (including phenoxy) is 1. The summed E-state index contributed by atoms with van der Waals surface area (Å²) >= 11 is 9.10. The first kappa shape index (κ1) is 20.5. The topological polar surface area (TPSA) is 64.4 Å². The molecule has 4 nitrogen and oxygen atoms in total. The Morgan fingerprint density at radius 2 is 2.00 bits per heavy atom. The smallest absolute Gasteiger partial charge is 0.338 e. The number of benzene rings is 1. The number of carbonyl (C=O) groups is 1. The Balaban J connectivity index is 1.92. The fraction of sp³-hybridized carbons (Fsp3) is 0.632. The standard InChI is InChI=1S/C19H28BrClN2O2/c20-17-12-14(19(24)25-10-6-2-5-9-21)11-15(18(17)22)13-23-16-7-3-1-4-8-16/h11-12,16,23H,1-10,13,22H2. The van der Waals surface area contributed by atoms with E-state index in [0.717, 1.165) is 29.3 Å². The molecule has 0 bridgehead atoms. The van der Waals surface area contributed by atoms with E-state index in [1.54, 1.807) is 6.07 Å². The Kier molecular flexibility index (Phi) is 9.07. The summed E-state index contributed by atoms with van der Waals surface area (Å²) in [5, 5.41) is 3.57. The molecule has 0 spiro atoms. The van der Waals surface area contributed by atoms with Crippen molar-refractivity contribution in [1.82, 2.24) is 5.32 Å². The summed E-state index contributed by atoms with van der Waals surface area (Å²) in [5.74, 6) is 0.349. The van der Waals surface area contributed by atoms with Gasteiger partial charge in [0, 0.05) is 22.9 Å². The molecular weight excluding hydrogens is 404 g/mol. The van der Waals surface area contributed by atoms with E-state index < -0.39 is 0 Å². The quantitative estimate of drug-likeness (QED) is 0.249. The molecule has 3 N–H and O–H groups in total. The molecule has 140 valence electrons. The van der Waals surface area contributed by atoms with Crippen molar-refractivity contribution in [2.75, 3.05) is 18.2 Å². The lowest BCUT2D eigenvalue weighted by molar-refractivity contribution is 0.0498. The SMILES string of the molecule is Nc1c(Br)cc(C(=O)OCCCCCCl)cc1CNC1CCCCC1. The summed E-state index contributed by atoms with van der Waals surface area (Å²) in [7, 11) is 0. The maximum atomic E-state index is 12.3. The van der Waals surface area contributed by atoms with E-state index in [9.17, 15) is 4.79 Å². The second kappa shape index (κ2) is 11.0. The summed E-state index contributed by atoms with van der Waals surface area (Å²) in [4.78, 5) is 12.3. The van der Waals surface area contributed by atoms with Crippen LogP contribution in [-0.2, 0) is 11.3 Å². The van der Waals surface area contributed by atoms with Gasteiger partial charge in [-0.15, -0.1) is 11.6 Å². The Morgan fingerprint density at radius 3 is 2.72 bits per heavy atom. The summed E-state index contributed by atoms with van der Waals surface area (Å²) < 4.78 is 6.10. The molecule has 1 saturated carbocycles. The molecule has 0 heterocycles. The molecular formula is C19H28BrClN2O2. The number of alkyl halides is 1. The van der Waals surface area contributed by atoms with Gasteiger partial charge in [-0.25, -0.2) is 4.79 Å². The van der Waals surface area contributed by atoms with Gasteiger partial charge < -0.3 is 15.8 Å². The number of esters is 1. The fourth-order valence-corrected chi connectivity index (χ4v) is 3.81. The van der Waals surface area contributed by atoms with Crippen LogP contribution >= 0.6 is 27.5 Å². The van der Waals surface area contributed by atoms with Gasteiger partial charge in [-0.3, -0.25) is 0 Å². The van der Waals surface area contributed by atoms with Crippen LogP contribution in [0, 0.1) is 0 Å². The fourth-order valence-electron chi connectivity index (χ4n) is 3.12. The number of hydrogen-bond acceptors (Lipinski definition) is 4. The third-order valence-electron chi connectivity index (χ3n) is 4.65. The molecule has 0 unspecified atom stereocenters. The molecule has 1 aliphatic rings. The number of nitrogen functional groups attached to an aromatic ring is 1. The van der Waals surface area contributed by atoms with Crippen molar-refractivity contribution in [2.45, 2.75) is 64.0 Å². The normalized spacial score (nSPS) is 15.3. The van der Waals surface area contributed by atoms with Crippen molar-refractivity contribution in [3.8, 4) is 0 Å². The van der Waals surface area contributed by atoms with Gasteiger partial charge in [0.2, 0.25) is 0 Å². The maximum Gasteiger partial charge on any atom is 0.338 e. The lowest BCUT2D eigenvalue weighted by Crippen LogP contribution is -2.30. The number of carbonyl (C=O) groups excluding carboxylic acids is 1. The highest BCUT2D eigenvalue weighted by Crippen LogP contribution is 2.27. The van der Waals surface area contributed by atoms with E-state index in [4.69, 9.17) is 22.1 Å². The second-order valence-electron chi connectivity index (χ2n) is 6.63. The summed E-state index contributed by atoms with van der Waals surface area (Å²) in [5.41, 5.74) is 8.33. The molecule has 0 radical (unpaired) electrons. The largest absolute Gasteiger partial charge is 0.462 e.